The third kappa shape index (κ3) is 61.4. The van der Waals surface area contributed by atoms with Crippen molar-refractivity contribution >= 4 is 11.9 Å². The fraction of sp³-hybridized carbons (Fsp3) is 0.913. The van der Waals surface area contributed by atoms with Gasteiger partial charge in [0.15, 0.2) is 0 Å². The van der Waals surface area contributed by atoms with Crippen LogP contribution in [0.1, 0.15) is 380 Å². The molecule has 1 amide bonds. The Morgan fingerprint density at radius 2 is 0.627 bits per heavy atom. The monoisotopic (exact) mass is 1060 g/mol. The SMILES string of the molecule is CCCCCCCCCCCCCCCCCCCCCCC/C=C/C(O)C(CO)NC(=O)CCCCCCC/C=C\CCCCCCCCCCCOC(=O)CCCCCCCCCCCCCCCCCCC. The minimum atomic E-state index is -0.854. The second kappa shape index (κ2) is 64.9. The molecule has 0 aliphatic rings. The second-order valence-electron chi connectivity index (χ2n) is 23.5. The van der Waals surface area contributed by atoms with Crippen molar-refractivity contribution < 1.29 is 24.5 Å². The number of unbranched alkanes of at least 4 members (excludes halogenated alkanes) is 51. The van der Waals surface area contributed by atoms with Crippen molar-refractivity contribution in [1.29, 1.82) is 0 Å². The van der Waals surface area contributed by atoms with Gasteiger partial charge in [-0.05, 0) is 57.8 Å². The zero-order valence-corrected chi connectivity index (χ0v) is 50.8. The molecule has 2 atom stereocenters. The van der Waals surface area contributed by atoms with Crippen LogP contribution < -0.4 is 5.32 Å². The molecule has 2 unspecified atom stereocenters. The normalized spacial score (nSPS) is 12.6. The van der Waals surface area contributed by atoms with Crippen LogP contribution in [0.4, 0.5) is 0 Å². The van der Waals surface area contributed by atoms with E-state index >= 15 is 0 Å². The van der Waals surface area contributed by atoms with Gasteiger partial charge in [0, 0.05) is 12.8 Å². The summed E-state index contributed by atoms with van der Waals surface area (Å²) in [4.78, 5) is 24.6. The van der Waals surface area contributed by atoms with Gasteiger partial charge in [-0.15, -0.1) is 0 Å². The molecular formula is C69H133NO5. The first kappa shape index (κ1) is 73.3. The van der Waals surface area contributed by atoms with E-state index in [4.69, 9.17) is 4.74 Å². The number of hydrogen-bond donors (Lipinski definition) is 3. The standard InChI is InChI=1S/C69H133NO5/c1-3-5-7-9-11-13-15-17-19-21-22-23-24-25-26-30-33-37-41-45-49-53-57-61-67(72)66(65-71)70-68(73)62-58-54-50-46-42-38-34-31-27-28-32-36-40-44-48-52-56-60-64-75-69(74)63-59-55-51-47-43-39-35-29-20-18-16-14-12-10-8-6-4-2/h31,34,57,61,66-67,71-72H,3-30,32-33,35-56,58-60,62-65H2,1-2H3,(H,70,73)/b34-31-,61-57+. The molecule has 6 heteroatoms. The molecule has 0 spiro atoms. The number of hydrogen-bond acceptors (Lipinski definition) is 5. The highest BCUT2D eigenvalue weighted by Gasteiger charge is 2.18. The third-order valence-electron chi connectivity index (χ3n) is 16.0. The first-order chi connectivity index (χ1) is 37.0. The number of allylic oxidation sites excluding steroid dienone is 3. The topological polar surface area (TPSA) is 95.9 Å². The fourth-order valence-corrected chi connectivity index (χ4v) is 10.7. The van der Waals surface area contributed by atoms with Crippen LogP contribution in [0.2, 0.25) is 0 Å². The molecule has 0 bridgehead atoms. The second-order valence-corrected chi connectivity index (χ2v) is 23.5. The number of amides is 1. The first-order valence-corrected chi connectivity index (χ1v) is 34.1. The highest BCUT2D eigenvalue weighted by atomic mass is 16.5. The molecule has 0 aromatic heterocycles. The van der Waals surface area contributed by atoms with E-state index in [-0.39, 0.29) is 18.5 Å². The molecule has 0 aromatic rings. The van der Waals surface area contributed by atoms with Gasteiger partial charge < -0.3 is 20.3 Å². The Hall–Kier alpha value is -1.66. The molecule has 0 saturated carbocycles. The molecule has 0 aromatic carbocycles. The average Bonchev–Trinajstić information content (AvgIpc) is 3.41. The van der Waals surface area contributed by atoms with Gasteiger partial charge in [-0.2, -0.15) is 0 Å². The summed E-state index contributed by atoms with van der Waals surface area (Å²) < 4.78 is 5.50. The van der Waals surface area contributed by atoms with Crippen molar-refractivity contribution in [3.05, 3.63) is 24.3 Å². The van der Waals surface area contributed by atoms with Gasteiger partial charge in [0.05, 0.1) is 25.4 Å². The lowest BCUT2D eigenvalue weighted by atomic mass is 10.0. The maximum absolute atomic E-state index is 12.5. The molecule has 0 heterocycles. The van der Waals surface area contributed by atoms with Crippen molar-refractivity contribution in [2.45, 2.75) is 392 Å². The molecule has 0 fully saturated rings. The number of aliphatic hydroxyl groups excluding tert-OH is 2. The van der Waals surface area contributed by atoms with Crippen LogP contribution in [-0.2, 0) is 14.3 Å². The van der Waals surface area contributed by atoms with Gasteiger partial charge in [-0.1, -0.05) is 334 Å². The Bertz CT molecular complexity index is 1170. The van der Waals surface area contributed by atoms with Crippen LogP contribution in [0.3, 0.4) is 0 Å². The van der Waals surface area contributed by atoms with E-state index in [2.05, 4.69) is 31.3 Å². The Morgan fingerprint density at radius 1 is 0.360 bits per heavy atom. The quantitative estimate of drug-likeness (QED) is 0.0320. The molecule has 0 saturated heterocycles. The van der Waals surface area contributed by atoms with Gasteiger partial charge in [0.1, 0.15) is 0 Å². The van der Waals surface area contributed by atoms with E-state index in [1.165, 1.54) is 295 Å². The molecule has 0 aliphatic heterocycles. The van der Waals surface area contributed by atoms with Crippen LogP contribution in [0.5, 0.6) is 0 Å². The summed E-state index contributed by atoms with van der Waals surface area (Å²) in [6, 6.07) is -0.639. The van der Waals surface area contributed by atoms with E-state index in [1.807, 2.05) is 6.08 Å². The number of carbonyl (C=O) groups is 2. The summed E-state index contributed by atoms with van der Waals surface area (Å²) in [7, 11) is 0. The third-order valence-corrected chi connectivity index (χ3v) is 16.0. The van der Waals surface area contributed by atoms with Gasteiger partial charge in [-0.3, -0.25) is 9.59 Å². The molecule has 444 valence electrons. The van der Waals surface area contributed by atoms with E-state index in [1.54, 1.807) is 6.08 Å². The van der Waals surface area contributed by atoms with Crippen LogP contribution >= 0.6 is 0 Å². The summed E-state index contributed by atoms with van der Waals surface area (Å²) in [6.07, 6.45) is 80.9. The van der Waals surface area contributed by atoms with Crippen molar-refractivity contribution in [3.63, 3.8) is 0 Å². The highest BCUT2D eigenvalue weighted by molar-refractivity contribution is 5.76. The van der Waals surface area contributed by atoms with Crippen molar-refractivity contribution in [3.8, 4) is 0 Å². The summed E-state index contributed by atoms with van der Waals surface area (Å²) in [5.41, 5.74) is 0. The van der Waals surface area contributed by atoms with Gasteiger partial charge in [-0.25, -0.2) is 0 Å². The molecule has 0 rings (SSSR count). The molecule has 0 radical (unpaired) electrons. The largest absolute Gasteiger partial charge is 0.466 e. The summed E-state index contributed by atoms with van der Waals surface area (Å²) in [5.74, 6) is -0.0713. The Morgan fingerprint density at radius 3 is 0.947 bits per heavy atom. The number of rotatable bonds is 64. The first-order valence-electron chi connectivity index (χ1n) is 34.1. The van der Waals surface area contributed by atoms with Crippen molar-refractivity contribution in [2.24, 2.45) is 0 Å². The summed E-state index contributed by atoms with van der Waals surface area (Å²) >= 11 is 0. The van der Waals surface area contributed by atoms with E-state index in [0.29, 0.717) is 19.4 Å². The minimum absolute atomic E-state index is 0.00697. The lowest BCUT2D eigenvalue weighted by Crippen LogP contribution is -2.45. The average molecular weight is 1060 g/mol. The zero-order valence-electron chi connectivity index (χ0n) is 50.8. The van der Waals surface area contributed by atoms with Crippen LogP contribution in [0, 0.1) is 0 Å². The van der Waals surface area contributed by atoms with Gasteiger partial charge >= 0.3 is 5.97 Å². The smallest absolute Gasteiger partial charge is 0.305 e. The number of ether oxygens (including phenoxy) is 1. The fourth-order valence-electron chi connectivity index (χ4n) is 10.7. The zero-order chi connectivity index (χ0) is 54.3. The van der Waals surface area contributed by atoms with Crippen LogP contribution in [-0.4, -0.2) is 47.4 Å². The van der Waals surface area contributed by atoms with Gasteiger partial charge in [0.25, 0.3) is 0 Å². The lowest BCUT2D eigenvalue weighted by molar-refractivity contribution is -0.143. The maximum Gasteiger partial charge on any atom is 0.305 e. The molecule has 0 aliphatic carbocycles. The summed E-state index contributed by atoms with van der Waals surface area (Å²) in [6.45, 7) is 4.93. The Kier molecular flexibility index (Phi) is 63.4. The Balaban J connectivity index is 3.45. The highest BCUT2D eigenvalue weighted by Crippen LogP contribution is 2.18. The van der Waals surface area contributed by atoms with Crippen LogP contribution in [0.15, 0.2) is 24.3 Å². The van der Waals surface area contributed by atoms with E-state index < -0.39 is 12.1 Å². The molecule has 75 heavy (non-hydrogen) atoms. The lowest BCUT2D eigenvalue weighted by Gasteiger charge is -2.20. The Labute approximate surface area is 469 Å². The molecular weight excluding hydrogens is 923 g/mol. The van der Waals surface area contributed by atoms with Crippen molar-refractivity contribution in [2.75, 3.05) is 13.2 Å². The van der Waals surface area contributed by atoms with E-state index in [0.717, 1.165) is 57.8 Å². The number of carbonyl (C=O) groups excluding carboxylic acids is 2. The van der Waals surface area contributed by atoms with Gasteiger partial charge in [0.2, 0.25) is 5.91 Å². The minimum Gasteiger partial charge on any atom is -0.466 e. The van der Waals surface area contributed by atoms with Crippen molar-refractivity contribution in [1.82, 2.24) is 5.32 Å². The molecule has 3 N–H and O–H groups in total. The predicted molar refractivity (Wildman–Crippen MR) is 329 cm³/mol. The number of esters is 1. The molecule has 6 nitrogen and oxygen atoms in total. The van der Waals surface area contributed by atoms with E-state index in [9.17, 15) is 19.8 Å². The maximum atomic E-state index is 12.5. The number of nitrogens with one attached hydrogen (secondary N) is 1. The number of aliphatic hydroxyl groups is 2. The summed E-state index contributed by atoms with van der Waals surface area (Å²) in [5, 5.41) is 23.2. The van der Waals surface area contributed by atoms with Crippen LogP contribution in [0.25, 0.3) is 0 Å². The predicted octanol–water partition coefficient (Wildman–Crippen LogP) is 21.8.